The van der Waals surface area contributed by atoms with Crippen molar-refractivity contribution >= 4 is 26.8 Å². The zero-order chi connectivity index (χ0) is 23.8. The molecule has 0 saturated carbocycles. The van der Waals surface area contributed by atoms with Gasteiger partial charge in [-0.15, -0.1) is 0 Å². The van der Waals surface area contributed by atoms with Crippen molar-refractivity contribution in [2.75, 3.05) is 0 Å². The third kappa shape index (κ3) is 4.99. The van der Waals surface area contributed by atoms with Crippen LogP contribution in [0.3, 0.4) is 0 Å². The van der Waals surface area contributed by atoms with Gasteiger partial charge < -0.3 is 9.16 Å². The highest BCUT2D eigenvalue weighted by molar-refractivity contribution is 7.04. The molecular weight excluding hydrogens is 424 g/mol. The SMILES string of the molecule is CC(O[Si](C)(C)C(C)(C)C)[C@@H]1C[C@@H](C[Si](c2ccccc2)(c2ccccc2)C(C)(C)C)O1. The summed E-state index contributed by atoms with van der Waals surface area (Å²) >= 11 is 0. The first kappa shape index (κ1) is 25.4. The Bertz CT molecular complexity index is 820. The molecule has 0 N–H and O–H groups in total. The number of rotatable bonds is 7. The van der Waals surface area contributed by atoms with Gasteiger partial charge in [-0.25, -0.2) is 0 Å². The van der Waals surface area contributed by atoms with Crippen molar-refractivity contribution in [1.82, 2.24) is 0 Å². The highest BCUT2D eigenvalue weighted by atomic mass is 28.4. The van der Waals surface area contributed by atoms with Crippen molar-refractivity contribution in [3.8, 4) is 0 Å². The lowest BCUT2D eigenvalue weighted by atomic mass is 10.0. The van der Waals surface area contributed by atoms with Crippen LogP contribution >= 0.6 is 0 Å². The largest absolute Gasteiger partial charge is 0.412 e. The highest BCUT2D eigenvalue weighted by Gasteiger charge is 2.52. The van der Waals surface area contributed by atoms with Crippen molar-refractivity contribution in [3.63, 3.8) is 0 Å². The molecule has 1 aliphatic heterocycles. The summed E-state index contributed by atoms with van der Waals surface area (Å²) in [5.41, 5.74) is 0. The van der Waals surface area contributed by atoms with Crippen LogP contribution in [0.5, 0.6) is 0 Å². The summed E-state index contributed by atoms with van der Waals surface area (Å²) in [6.07, 6.45) is 1.77. The Hall–Kier alpha value is -1.21. The van der Waals surface area contributed by atoms with Gasteiger partial charge in [0.25, 0.3) is 0 Å². The average Bonchev–Trinajstić information content (AvgIpc) is 2.66. The molecule has 3 atom stereocenters. The minimum Gasteiger partial charge on any atom is -0.412 e. The topological polar surface area (TPSA) is 18.5 Å². The summed E-state index contributed by atoms with van der Waals surface area (Å²) in [5.74, 6) is 0. The summed E-state index contributed by atoms with van der Waals surface area (Å²) in [6, 6.07) is 23.6. The van der Waals surface area contributed by atoms with Crippen molar-refractivity contribution in [3.05, 3.63) is 60.7 Å². The van der Waals surface area contributed by atoms with E-state index in [0.29, 0.717) is 6.10 Å². The zero-order valence-corrected chi connectivity index (χ0v) is 23.7. The van der Waals surface area contributed by atoms with E-state index in [0.717, 1.165) is 12.5 Å². The average molecular weight is 469 g/mol. The Labute approximate surface area is 198 Å². The van der Waals surface area contributed by atoms with Gasteiger partial charge in [0.05, 0.1) is 18.3 Å². The van der Waals surface area contributed by atoms with E-state index < -0.39 is 16.4 Å². The van der Waals surface area contributed by atoms with Gasteiger partial charge in [-0.2, -0.15) is 0 Å². The standard InChI is InChI=1S/C28H44O2Si2/c1-22(30-31(8,9)27(2,3)4)26-20-23(29-26)21-32(28(5,6)7,24-16-12-10-13-17-24)25-18-14-11-15-19-25/h10-19,22-23,26H,20-21H2,1-9H3/t22?,23-,26-/m0/s1. The molecule has 0 aliphatic carbocycles. The van der Waals surface area contributed by atoms with Crippen LogP contribution in [0.15, 0.2) is 60.7 Å². The second-order valence-electron chi connectivity index (χ2n) is 12.2. The maximum absolute atomic E-state index is 6.65. The summed E-state index contributed by atoms with van der Waals surface area (Å²) in [7, 11) is -3.87. The molecule has 0 amide bonds. The zero-order valence-electron chi connectivity index (χ0n) is 21.7. The first-order valence-corrected chi connectivity index (χ1v) is 17.3. The van der Waals surface area contributed by atoms with E-state index in [1.54, 1.807) is 0 Å². The molecule has 176 valence electrons. The monoisotopic (exact) mass is 468 g/mol. The summed E-state index contributed by atoms with van der Waals surface area (Å²) in [6.45, 7) is 21.1. The molecular formula is C28H44O2Si2. The molecule has 1 heterocycles. The van der Waals surface area contributed by atoms with E-state index in [-0.39, 0.29) is 22.3 Å². The fourth-order valence-corrected chi connectivity index (χ4v) is 12.1. The summed E-state index contributed by atoms with van der Waals surface area (Å²) in [5, 5.41) is 3.42. The van der Waals surface area contributed by atoms with E-state index in [2.05, 4.69) is 122 Å². The number of benzene rings is 2. The van der Waals surface area contributed by atoms with E-state index in [9.17, 15) is 0 Å². The van der Waals surface area contributed by atoms with Gasteiger partial charge in [-0.1, -0.05) is 113 Å². The molecule has 4 heteroatoms. The first-order valence-electron chi connectivity index (χ1n) is 12.2. The minimum absolute atomic E-state index is 0.159. The molecule has 0 spiro atoms. The Morgan fingerprint density at radius 1 is 0.844 bits per heavy atom. The molecule has 1 aliphatic rings. The number of ether oxygens (including phenoxy) is 1. The maximum Gasteiger partial charge on any atom is 0.192 e. The quantitative estimate of drug-likeness (QED) is 0.425. The van der Waals surface area contributed by atoms with Gasteiger partial charge in [0, 0.05) is 6.42 Å². The predicted molar refractivity (Wildman–Crippen MR) is 143 cm³/mol. The van der Waals surface area contributed by atoms with E-state index in [1.807, 2.05) is 0 Å². The molecule has 1 saturated heterocycles. The maximum atomic E-state index is 6.65. The molecule has 0 aromatic heterocycles. The van der Waals surface area contributed by atoms with Crippen LogP contribution < -0.4 is 10.4 Å². The fourth-order valence-electron chi connectivity index (χ4n) is 5.01. The Balaban J connectivity index is 1.83. The first-order chi connectivity index (χ1) is 14.8. The second kappa shape index (κ2) is 9.21. The van der Waals surface area contributed by atoms with Crippen molar-refractivity contribution in [2.24, 2.45) is 0 Å². The van der Waals surface area contributed by atoms with E-state index >= 15 is 0 Å². The molecule has 1 unspecified atom stereocenters. The van der Waals surface area contributed by atoms with Crippen LogP contribution in [0.1, 0.15) is 54.9 Å². The molecule has 32 heavy (non-hydrogen) atoms. The summed E-state index contributed by atoms with van der Waals surface area (Å²) < 4.78 is 13.2. The third-order valence-electron chi connectivity index (χ3n) is 8.02. The van der Waals surface area contributed by atoms with Gasteiger partial charge in [0.1, 0.15) is 8.07 Å². The lowest BCUT2D eigenvalue weighted by Crippen LogP contribution is -2.67. The van der Waals surface area contributed by atoms with Crippen molar-refractivity contribution < 1.29 is 9.16 Å². The molecule has 2 aromatic carbocycles. The van der Waals surface area contributed by atoms with Crippen LogP contribution in [-0.4, -0.2) is 34.7 Å². The van der Waals surface area contributed by atoms with E-state index in [1.165, 1.54) is 10.4 Å². The van der Waals surface area contributed by atoms with Gasteiger partial charge in [0.15, 0.2) is 8.32 Å². The van der Waals surface area contributed by atoms with Crippen molar-refractivity contribution in [1.29, 1.82) is 0 Å². The van der Waals surface area contributed by atoms with Crippen LogP contribution in [0.4, 0.5) is 0 Å². The fraction of sp³-hybridized carbons (Fsp3) is 0.571. The highest BCUT2D eigenvalue weighted by Crippen LogP contribution is 2.44. The molecule has 0 radical (unpaired) electrons. The Kier molecular flexibility index (Phi) is 7.31. The van der Waals surface area contributed by atoms with Gasteiger partial charge in [-0.05, 0) is 36.1 Å². The van der Waals surface area contributed by atoms with Crippen LogP contribution in [-0.2, 0) is 9.16 Å². The smallest absolute Gasteiger partial charge is 0.192 e. The third-order valence-corrected chi connectivity index (χ3v) is 18.9. The number of hydrogen-bond donors (Lipinski definition) is 0. The van der Waals surface area contributed by atoms with Crippen LogP contribution in [0.25, 0.3) is 0 Å². The molecule has 2 aromatic rings. The summed E-state index contributed by atoms with van der Waals surface area (Å²) in [4.78, 5) is 0. The molecule has 1 fully saturated rings. The van der Waals surface area contributed by atoms with Crippen molar-refractivity contribution in [2.45, 2.75) is 102 Å². The van der Waals surface area contributed by atoms with Gasteiger partial charge >= 0.3 is 0 Å². The normalized spacial score (nSPS) is 21.2. The van der Waals surface area contributed by atoms with Crippen LogP contribution in [0.2, 0.25) is 29.2 Å². The Morgan fingerprint density at radius 3 is 1.66 bits per heavy atom. The molecule has 3 rings (SSSR count). The lowest BCUT2D eigenvalue weighted by molar-refractivity contribution is -0.155. The molecule has 0 bridgehead atoms. The second-order valence-corrected chi connectivity index (χ2v) is 21.8. The lowest BCUT2D eigenvalue weighted by Gasteiger charge is -2.50. The van der Waals surface area contributed by atoms with Gasteiger partial charge in [0.2, 0.25) is 0 Å². The van der Waals surface area contributed by atoms with Gasteiger partial charge in [-0.3, -0.25) is 0 Å². The van der Waals surface area contributed by atoms with Crippen LogP contribution in [0, 0.1) is 0 Å². The Morgan fingerprint density at radius 2 is 1.28 bits per heavy atom. The molecule has 2 nitrogen and oxygen atoms in total. The number of hydrogen-bond acceptors (Lipinski definition) is 2. The minimum atomic E-state index is -2.08. The van der Waals surface area contributed by atoms with E-state index in [4.69, 9.17) is 9.16 Å². The predicted octanol–water partition coefficient (Wildman–Crippen LogP) is 6.62.